The minimum absolute atomic E-state index is 0.221. The van der Waals surface area contributed by atoms with Gasteiger partial charge in [-0.15, -0.1) is 0 Å². The summed E-state index contributed by atoms with van der Waals surface area (Å²) in [5.74, 6) is -1.22. The number of hydrazine groups is 1. The van der Waals surface area contributed by atoms with Gasteiger partial charge in [0.1, 0.15) is 12.4 Å². The summed E-state index contributed by atoms with van der Waals surface area (Å²) in [5.41, 5.74) is 4.36. The summed E-state index contributed by atoms with van der Waals surface area (Å²) in [7, 11) is 0. The van der Waals surface area contributed by atoms with Crippen LogP contribution in [0.1, 0.15) is 24.0 Å². The minimum Gasteiger partial charge on any atom is -0.446 e. The van der Waals surface area contributed by atoms with Crippen LogP contribution in [0.25, 0.3) is 0 Å². The third kappa shape index (κ3) is 3.96. The summed E-state index contributed by atoms with van der Waals surface area (Å²) in [4.78, 5) is 24.4. The van der Waals surface area contributed by atoms with Crippen LogP contribution >= 0.6 is 0 Å². The molecule has 0 bridgehead atoms. The van der Waals surface area contributed by atoms with Gasteiger partial charge >= 0.3 is 6.09 Å². The van der Waals surface area contributed by atoms with Gasteiger partial charge in [0, 0.05) is 0 Å². The molecule has 0 saturated carbocycles. The van der Waals surface area contributed by atoms with Gasteiger partial charge in [-0.2, -0.15) is 0 Å². The van der Waals surface area contributed by atoms with Crippen LogP contribution < -0.4 is 5.43 Å². The van der Waals surface area contributed by atoms with Crippen LogP contribution in [0.5, 0.6) is 0 Å². The molecule has 25 heavy (non-hydrogen) atoms. The van der Waals surface area contributed by atoms with Gasteiger partial charge in [-0.05, 0) is 36.6 Å². The third-order valence-electron chi connectivity index (χ3n) is 4.27. The number of carbonyl (C=O) groups excluding carboxylic acids is 2. The maximum Gasteiger partial charge on any atom is 0.429 e. The Hall–Kier alpha value is -2.89. The van der Waals surface area contributed by atoms with Gasteiger partial charge in [0.05, 0.1) is 12.0 Å². The number of carbonyl (C=O) groups is 2. The first-order valence-corrected chi connectivity index (χ1v) is 8.10. The molecule has 0 aromatic heterocycles. The van der Waals surface area contributed by atoms with Crippen molar-refractivity contribution in [3.05, 3.63) is 71.5 Å². The van der Waals surface area contributed by atoms with Crippen molar-refractivity contribution in [3.8, 4) is 0 Å². The zero-order valence-electron chi connectivity index (χ0n) is 13.8. The lowest BCUT2D eigenvalue weighted by molar-refractivity contribution is -0.126. The normalized spacial score (nSPS) is 17.9. The Morgan fingerprint density at radius 3 is 2.60 bits per heavy atom. The van der Waals surface area contributed by atoms with Crippen molar-refractivity contribution >= 4 is 12.0 Å². The molecule has 1 fully saturated rings. The summed E-state index contributed by atoms with van der Waals surface area (Å²) in [5, 5.41) is 1.25. The van der Waals surface area contributed by atoms with Gasteiger partial charge < -0.3 is 4.74 Å². The second-order valence-corrected chi connectivity index (χ2v) is 6.04. The van der Waals surface area contributed by atoms with Crippen LogP contribution in [-0.2, 0) is 16.0 Å². The number of ether oxygens (including phenoxy) is 1. The smallest absolute Gasteiger partial charge is 0.429 e. The molecule has 2 atom stereocenters. The zero-order valence-corrected chi connectivity index (χ0v) is 13.8. The van der Waals surface area contributed by atoms with Crippen LogP contribution in [0.2, 0.25) is 0 Å². The van der Waals surface area contributed by atoms with E-state index in [1.54, 1.807) is 19.1 Å². The molecule has 2 aromatic rings. The average molecular weight is 342 g/mol. The predicted octanol–water partition coefficient (Wildman–Crippen LogP) is 3.02. The van der Waals surface area contributed by atoms with Crippen molar-refractivity contribution in [3.63, 3.8) is 0 Å². The van der Waals surface area contributed by atoms with Crippen molar-refractivity contribution in [2.45, 2.75) is 25.3 Å². The molecule has 130 valence electrons. The van der Waals surface area contributed by atoms with Crippen LogP contribution in [0, 0.1) is 5.82 Å². The van der Waals surface area contributed by atoms with Crippen LogP contribution in [0.3, 0.4) is 0 Å². The van der Waals surface area contributed by atoms with Crippen molar-refractivity contribution in [2.75, 3.05) is 6.61 Å². The van der Waals surface area contributed by atoms with Gasteiger partial charge in [-0.3, -0.25) is 10.2 Å². The molecule has 2 aromatic carbocycles. The molecule has 1 aliphatic rings. The molecule has 6 heteroatoms. The number of amides is 2. The number of hydrogen-bond acceptors (Lipinski definition) is 3. The molecule has 1 aliphatic heterocycles. The first kappa shape index (κ1) is 17.0. The number of benzene rings is 2. The largest absolute Gasteiger partial charge is 0.446 e. The van der Waals surface area contributed by atoms with E-state index in [-0.39, 0.29) is 24.4 Å². The lowest BCUT2D eigenvalue weighted by atomic mass is 10.0. The SMILES string of the molecule is C[C@@H](C(=O)NN1C(=O)OC[C@H]1Cc1ccccc1)c1ccc(F)cc1. The number of rotatable bonds is 5. The summed E-state index contributed by atoms with van der Waals surface area (Å²) in [6, 6.07) is 15.2. The Kier molecular flexibility index (Phi) is 4.97. The number of nitrogens with zero attached hydrogens (tertiary/aromatic N) is 1. The summed E-state index contributed by atoms with van der Waals surface area (Å²) in [6.07, 6.45) is 0.0122. The molecule has 0 unspecified atom stereocenters. The van der Waals surface area contributed by atoms with E-state index in [2.05, 4.69) is 5.43 Å². The van der Waals surface area contributed by atoms with E-state index in [0.29, 0.717) is 12.0 Å². The zero-order chi connectivity index (χ0) is 17.8. The van der Waals surface area contributed by atoms with E-state index in [1.165, 1.54) is 17.1 Å². The predicted molar refractivity (Wildman–Crippen MR) is 90.1 cm³/mol. The first-order valence-electron chi connectivity index (χ1n) is 8.10. The number of cyclic esters (lactones) is 1. The third-order valence-corrected chi connectivity index (χ3v) is 4.27. The van der Waals surface area contributed by atoms with E-state index < -0.39 is 12.0 Å². The second-order valence-electron chi connectivity index (χ2n) is 6.04. The van der Waals surface area contributed by atoms with E-state index in [1.807, 2.05) is 30.3 Å². The molecule has 2 amide bonds. The lowest BCUT2D eigenvalue weighted by Gasteiger charge is -2.24. The van der Waals surface area contributed by atoms with Crippen molar-refractivity contribution < 1.29 is 18.7 Å². The average Bonchev–Trinajstić information content (AvgIpc) is 2.96. The van der Waals surface area contributed by atoms with E-state index >= 15 is 0 Å². The van der Waals surface area contributed by atoms with Crippen LogP contribution in [0.4, 0.5) is 9.18 Å². The Bertz CT molecular complexity index is 749. The Labute approximate surface area is 145 Å². The monoisotopic (exact) mass is 342 g/mol. The fourth-order valence-electron chi connectivity index (χ4n) is 2.75. The Balaban J connectivity index is 1.67. The number of nitrogens with one attached hydrogen (secondary N) is 1. The lowest BCUT2D eigenvalue weighted by Crippen LogP contribution is -2.49. The molecule has 1 heterocycles. The number of hydrogen-bond donors (Lipinski definition) is 1. The fourth-order valence-corrected chi connectivity index (χ4v) is 2.75. The highest BCUT2D eigenvalue weighted by Gasteiger charge is 2.35. The standard InChI is InChI=1S/C19H19FN2O3/c1-13(15-7-9-16(20)10-8-15)18(23)21-22-17(12-25-19(22)24)11-14-5-3-2-4-6-14/h2-10,13,17H,11-12H2,1H3,(H,21,23)/t13-,17-/m1/s1. The second kappa shape index (κ2) is 7.34. The molecule has 5 nitrogen and oxygen atoms in total. The highest BCUT2D eigenvalue weighted by Crippen LogP contribution is 2.19. The summed E-state index contributed by atoms with van der Waals surface area (Å²) in [6.45, 7) is 1.93. The minimum atomic E-state index is -0.569. The molecule has 0 aliphatic carbocycles. The quantitative estimate of drug-likeness (QED) is 0.909. The molecule has 0 spiro atoms. The fraction of sp³-hybridized carbons (Fsp3) is 0.263. The van der Waals surface area contributed by atoms with Gasteiger partial charge in [-0.25, -0.2) is 14.2 Å². The molecular weight excluding hydrogens is 323 g/mol. The molecule has 0 radical (unpaired) electrons. The molecular formula is C19H19FN2O3. The molecule has 1 N–H and O–H groups in total. The van der Waals surface area contributed by atoms with Crippen LogP contribution in [0.15, 0.2) is 54.6 Å². The highest BCUT2D eigenvalue weighted by atomic mass is 19.1. The van der Waals surface area contributed by atoms with Crippen molar-refractivity contribution in [2.24, 2.45) is 0 Å². The van der Waals surface area contributed by atoms with Gasteiger partial charge in [-0.1, -0.05) is 42.5 Å². The Morgan fingerprint density at radius 1 is 1.24 bits per heavy atom. The van der Waals surface area contributed by atoms with Gasteiger partial charge in [0.15, 0.2) is 0 Å². The van der Waals surface area contributed by atoms with E-state index in [4.69, 9.17) is 4.74 Å². The molecule has 1 saturated heterocycles. The van der Waals surface area contributed by atoms with Crippen LogP contribution in [-0.4, -0.2) is 29.7 Å². The summed E-state index contributed by atoms with van der Waals surface area (Å²) < 4.78 is 18.1. The highest BCUT2D eigenvalue weighted by molar-refractivity contribution is 5.85. The summed E-state index contributed by atoms with van der Waals surface area (Å²) >= 11 is 0. The van der Waals surface area contributed by atoms with Gasteiger partial charge in [0.2, 0.25) is 5.91 Å². The molecule has 3 rings (SSSR count). The van der Waals surface area contributed by atoms with E-state index in [0.717, 1.165) is 5.56 Å². The maximum atomic E-state index is 13.0. The van der Waals surface area contributed by atoms with Crippen molar-refractivity contribution in [1.82, 2.24) is 10.4 Å². The Morgan fingerprint density at radius 2 is 1.92 bits per heavy atom. The van der Waals surface area contributed by atoms with Gasteiger partial charge in [0.25, 0.3) is 0 Å². The maximum absolute atomic E-state index is 13.0. The van der Waals surface area contributed by atoms with E-state index in [9.17, 15) is 14.0 Å². The topological polar surface area (TPSA) is 58.6 Å². The first-order chi connectivity index (χ1) is 12.0. The number of halogens is 1. The van der Waals surface area contributed by atoms with Crippen molar-refractivity contribution in [1.29, 1.82) is 0 Å².